The first kappa shape index (κ1) is 21.7. The van der Waals surface area contributed by atoms with Crippen molar-refractivity contribution >= 4 is 50.9 Å². The van der Waals surface area contributed by atoms with Crippen molar-refractivity contribution in [3.63, 3.8) is 0 Å². The molecule has 0 saturated carbocycles. The van der Waals surface area contributed by atoms with Crippen LogP contribution in [-0.2, 0) is 11.3 Å². The van der Waals surface area contributed by atoms with E-state index in [1.54, 1.807) is 24.5 Å². The van der Waals surface area contributed by atoms with E-state index in [0.29, 0.717) is 6.54 Å². The smallest absolute Gasteiger partial charge is 0.250 e. The topological polar surface area (TPSA) is 63.2 Å². The lowest BCUT2D eigenvalue weighted by Gasteiger charge is -2.08. The number of ether oxygens (including phenoxy) is 1. The summed E-state index contributed by atoms with van der Waals surface area (Å²) >= 11 is 6.91. The van der Waals surface area contributed by atoms with Crippen LogP contribution in [0.4, 0.5) is 0 Å². The fraction of sp³-hybridized carbons (Fsp3) is 0.0800. The van der Waals surface area contributed by atoms with Gasteiger partial charge in [0.2, 0.25) is 5.91 Å². The zero-order chi connectivity index (χ0) is 22.3. The van der Waals surface area contributed by atoms with Gasteiger partial charge in [-0.3, -0.25) is 10.1 Å². The zero-order valence-electron chi connectivity index (χ0n) is 17.4. The van der Waals surface area contributed by atoms with Crippen LogP contribution in [0.5, 0.6) is 5.75 Å². The summed E-state index contributed by atoms with van der Waals surface area (Å²) in [5, 5.41) is 7.00. The van der Waals surface area contributed by atoms with E-state index < -0.39 is 0 Å². The first-order valence-electron chi connectivity index (χ1n) is 9.96. The van der Waals surface area contributed by atoms with E-state index >= 15 is 0 Å². The number of carbonyl (C=O) groups excluding carboxylic acids is 1. The van der Waals surface area contributed by atoms with Crippen LogP contribution < -0.4 is 15.4 Å². The predicted molar refractivity (Wildman–Crippen MR) is 135 cm³/mol. The molecule has 0 atom stereocenters. The summed E-state index contributed by atoms with van der Waals surface area (Å²) in [6.07, 6.45) is 3.17. The highest BCUT2D eigenvalue weighted by molar-refractivity contribution is 7.80. The summed E-state index contributed by atoms with van der Waals surface area (Å²) in [5.74, 6) is 0.481. The fourth-order valence-corrected chi connectivity index (χ4v) is 4.17. The molecule has 0 unspecified atom stereocenters. The second-order valence-electron chi connectivity index (χ2n) is 6.96. The van der Waals surface area contributed by atoms with Gasteiger partial charge in [0.05, 0.1) is 17.3 Å². The fourth-order valence-electron chi connectivity index (χ4n) is 3.03. The Balaban J connectivity index is 1.27. The Bertz CT molecular complexity index is 1230. The Kier molecular flexibility index (Phi) is 6.89. The third-order valence-electron chi connectivity index (χ3n) is 4.73. The predicted octanol–water partition coefficient (Wildman–Crippen LogP) is 5.18. The maximum Gasteiger partial charge on any atom is 0.250 e. The molecule has 0 radical (unpaired) electrons. The van der Waals surface area contributed by atoms with Gasteiger partial charge in [0.15, 0.2) is 5.11 Å². The molecule has 0 aliphatic heterocycles. The van der Waals surface area contributed by atoms with E-state index in [1.807, 2.05) is 66.7 Å². The van der Waals surface area contributed by atoms with Gasteiger partial charge >= 0.3 is 0 Å². The number of carbonyl (C=O) groups is 1. The summed E-state index contributed by atoms with van der Waals surface area (Å²) in [7, 11) is 1.61. The van der Waals surface area contributed by atoms with Crippen molar-refractivity contribution in [3.05, 3.63) is 90.0 Å². The minimum atomic E-state index is -0.287. The van der Waals surface area contributed by atoms with Crippen molar-refractivity contribution in [2.75, 3.05) is 7.11 Å². The van der Waals surface area contributed by atoms with Crippen LogP contribution in [0.2, 0.25) is 0 Å². The second-order valence-corrected chi connectivity index (χ2v) is 8.40. The van der Waals surface area contributed by atoms with E-state index in [-0.39, 0.29) is 11.0 Å². The van der Waals surface area contributed by atoms with Crippen molar-refractivity contribution in [2.24, 2.45) is 0 Å². The summed E-state index contributed by atoms with van der Waals surface area (Å²) in [4.78, 5) is 16.8. The maximum absolute atomic E-state index is 12.1. The first-order chi connectivity index (χ1) is 15.6. The monoisotopic (exact) mass is 459 g/mol. The molecule has 1 amide bonds. The largest absolute Gasteiger partial charge is 0.497 e. The zero-order valence-corrected chi connectivity index (χ0v) is 19.0. The van der Waals surface area contributed by atoms with Crippen molar-refractivity contribution in [2.45, 2.75) is 6.54 Å². The number of aromatic nitrogens is 1. The summed E-state index contributed by atoms with van der Waals surface area (Å²) in [6.45, 7) is 0.515. The lowest BCUT2D eigenvalue weighted by atomic mass is 10.1. The minimum Gasteiger partial charge on any atom is -0.497 e. The number of benzene rings is 3. The second kappa shape index (κ2) is 10.2. The van der Waals surface area contributed by atoms with Crippen LogP contribution in [0.25, 0.3) is 26.9 Å². The summed E-state index contributed by atoms with van der Waals surface area (Å²) in [6, 6.07) is 23.7. The van der Waals surface area contributed by atoms with Crippen molar-refractivity contribution in [1.29, 1.82) is 0 Å². The highest BCUT2D eigenvalue weighted by Gasteiger charge is 2.06. The molecule has 0 saturated heterocycles. The molecule has 1 heterocycles. The van der Waals surface area contributed by atoms with Crippen molar-refractivity contribution in [3.8, 4) is 16.3 Å². The number of hydrogen-bond donors (Lipinski definition) is 2. The molecule has 0 spiro atoms. The SMILES string of the molecule is COc1ccc(/C=C/C(=O)NC(=S)NCc2ccc(-c3nc4ccccc4s3)cc2)cc1. The molecule has 4 aromatic rings. The van der Waals surface area contributed by atoms with Gasteiger partial charge in [0.1, 0.15) is 10.8 Å². The molecule has 4 rings (SSSR count). The van der Waals surface area contributed by atoms with Gasteiger partial charge < -0.3 is 10.1 Å². The quantitative estimate of drug-likeness (QED) is 0.307. The van der Waals surface area contributed by atoms with Gasteiger partial charge in [-0.25, -0.2) is 4.98 Å². The van der Waals surface area contributed by atoms with Gasteiger partial charge in [0, 0.05) is 18.2 Å². The highest BCUT2D eigenvalue weighted by Crippen LogP contribution is 2.29. The van der Waals surface area contributed by atoms with Crippen molar-refractivity contribution in [1.82, 2.24) is 15.6 Å². The minimum absolute atomic E-state index is 0.282. The number of fused-ring (bicyclic) bond motifs is 1. The Morgan fingerprint density at radius 2 is 1.81 bits per heavy atom. The van der Waals surface area contributed by atoms with Gasteiger partial charge in [-0.05, 0) is 53.7 Å². The van der Waals surface area contributed by atoms with Crippen LogP contribution in [-0.4, -0.2) is 23.1 Å². The van der Waals surface area contributed by atoms with Gasteiger partial charge in [-0.1, -0.05) is 48.5 Å². The standard InChI is InChI=1S/C25H21N3O2S2/c1-30-20-13-8-17(9-14-20)10-15-23(29)28-25(31)26-16-18-6-11-19(12-7-18)24-27-21-4-2-3-5-22(21)32-24/h2-15H,16H2,1H3,(H2,26,28,29,31)/b15-10+. The van der Waals surface area contributed by atoms with Gasteiger partial charge in [0.25, 0.3) is 0 Å². The number of nitrogens with one attached hydrogen (secondary N) is 2. The Labute approximate surface area is 195 Å². The van der Waals surface area contributed by atoms with Crippen LogP contribution in [0, 0.1) is 0 Å². The molecule has 0 aliphatic rings. The average molecular weight is 460 g/mol. The third kappa shape index (κ3) is 5.57. The van der Waals surface area contributed by atoms with E-state index in [0.717, 1.165) is 33.0 Å². The molecule has 32 heavy (non-hydrogen) atoms. The molecular weight excluding hydrogens is 438 g/mol. The van der Waals surface area contributed by atoms with E-state index in [2.05, 4.69) is 21.7 Å². The molecule has 0 aliphatic carbocycles. The van der Waals surface area contributed by atoms with Crippen LogP contribution in [0.1, 0.15) is 11.1 Å². The molecule has 1 aromatic heterocycles. The Morgan fingerprint density at radius 3 is 2.53 bits per heavy atom. The summed E-state index contributed by atoms with van der Waals surface area (Å²) in [5.41, 5.74) is 4.04. The lowest BCUT2D eigenvalue weighted by molar-refractivity contribution is -0.115. The molecule has 3 aromatic carbocycles. The number of methoxy groups -OCH3 is 1. The molecule has 0 bridgehead atoms. The summed E-state index contributed by atoms with van der Waals surface area (Å²) < 4.78 is 6.30. The average Bonchev–Trinajstić information content (AvgIpc) is 3.26. The molecule has 7 heteroatoms. The van der Waals surface area contributed by atoms with Crippen LogP contribution >= 0.6 is 23.6 Å². The molecular formula is C25H21N3O2S2. The van der Waals surface area contributed by atoms with Crippen LogP contribution in [0.3, 0.4) is 0 Å². The number of thiazole rings is 1. The number of nitrogens with zero attached hydrogens (tertiary/aromatic N) is 1. The third-order valence-corrected chi connectivity index (χ3v) is 6.06. The number of hydrogen-bond acceptors (Lipinski definition) is 5. The first-order valence-corrected chi connectivity index (χ1v) is 11.2. The highest BCUT2D eigenvalue weighted by atomic mass is 32.1. The van der Waals surface area contributed by atoms with Gasteiger partial charge in [-0.15, -0.1) is 11.3 Å². The number of amides is 1. The lowest BCUT2D eigenvalue weighted by Crippen LogP contribution is -2.37. The van der Waals surface area contributed by atoms with Crippen LogP contribution in [0.15, 0.2) is 78.9 Å². The number of para-hydroxylation sites is 1. The molecule has 0 fully saturated rings. The number of rotatable bonds is 6. The van der Waals surface area contributed by atoms with Gasteiger partial charge in [-0.2, -0.15) is 0 Å². The Hall–Kier alpha value is -3.55. The van der Waals surface area contributed by atoms with E-state index in [9.17, 15) is 4.79 Å². The Morgan fingerprint density at radius 1 is 1.06 bits per heavy atom. The van der Waals surface area contributed by atoms with Crippen molar-refractivity contribution < 1.29 is 9.53 Å². The van der Waals surface area contributed by atoms with E-state index in [1.165, 1.54) is 10.8 Å². The maximum atomic E-state index is 12.1. The van der Waals surface area contributed by atoms with E-state index in [4.69, 9.17) is 17.0 Å². The molecule has 2 N–H and O–H groups in total. The molecule has 5 nitrogen and oxygen atoms in total. The number of thiocarbonyl (C=S) groups is 1. The normalized spacial score (nSPS) is 10.9. The molecule has 160 valence electrons.